The topological polar surface area (TPSA) is 82.4 Å². The molecule has 3 heterocycles. The van der Waals surface area contributed by atoms with Crippen molar-refractivity contribution in [1.82, 2.24) is 4.98 Å². The van der Waals surface area contributed by atoms with Crippen molar-refractivity contribution in [3.63, 3.8) is 0 Å². The molecule has 1 amide bonds. The number of thiazole rings is 1. The van der Waals surface area contributed by atoms with Crippen molar-refractivity contribution in [2.45, 2.75) is 13.8 Å². The second kappa shape index (κ2) is 9.13. The lowest BCUT2D eigenvalue weighted by molar-refractivity contribution is -0.112. The molecule has 9 heteroatoms. The van der Waals surface area contributed by atoms with Crippen molar-refractivity contribution in [2.75, 3.05) is 41.6 Å². The van der Waals surface area contributed by atoms with Gasteiger partial charge in [-0.15, -0.1) is 0 Å². The van der Waals surface area contributed by atoms with Gasteiger partial charge in [-0.25, -0.2) is 4.98 Å². The van der Waals surface area contributed by atoms with Gasteiger partial charge in [0.1, 0.15) is 0 Å². The standard InChI is InChI=1S/C24H24N6O2S/c1-16-21(27-26-19-10-6-7-11-20(19)29-12-14-32-15-13-29)23(31)30(28-16)24-25-22(17(2)33-24)18-8-4-3-5-9-18/h3-11,26H,12-15H2,1-2H3/b27-21+. The first-order valence-electron chi connectivity index (χ1n) is 10.8. The molecule has 2 aliphatic rings. The number of benzene rings is 2. The van der Waals surface area contributed by atoms with Crippen molar-refractivity contribution in [3.8, 4) is 11.3 Å². The third kappa shape index (κ3) is 4.24. The lowest BCUT2D eigenvalue weighted by atomic mass is 10.1. The van der Waals surface area contributed by atoms with Crippen molar-refractivity contribution in [1.29, 1.82) is 0 Å². The van der Waals surface area contributed by atoms with Crippen LogP contribution in [-0.4, -0.2) is 48.6 Å². The summed E-state index contributed by atoms with van der Waals surface area (Å²) in [5.41, 5.74) is 7.66. The Labute approximate surface area is 196 Å². The van der Waals surface area contributed by atoms with Crippen molar-refractivity contribution < 1.29 is 9.53 Å². The van der Waals surface area contributed by atoms with Crippen molar-refractivity contribution >= 4 is 45.2 Å². The molecule has 0 spiro atoms. The first kappa shape index (κ1) is 21.3. The Morgan fingerprint density at radius 1 is 1.03 bits per heavy atom. The average Bonchev–Trinajstić information content (AvgIpc) is 3.37. The van der Waals surface area contributed by atoms with E-state index in [0.717, 1.165) is 40.6 Å². The highest BCUT2D eigenvalue weighted by molar-refractivity contribution is 7.16. The van der Waals surface area contributed by atoms with Crippen LogP contribution < -0.4 is 15.3 Å². The van der Waals surface area contributed by atoms with E-state index in [1.54, 1.807) is 6.92 Å². The molecule has 5 rings (SSSR count). The Morgan fingerprint density at radius 3 is 2.55 bits per heavy atom. The molecule has 8 nitrogen and oxygen atoms in total. The first-order valence-corrected chi connectivity index (χ1v) is 11.6. The molecule has 0 atom stereocenters. The van der Waals surface area contributed by atoms with Crippen LogP contribution in [0.15, 0.2) is 64.8 Å². The fourth-order valence-corrected chi connectivity index (χ4v) is 4.74. The van der Waals surface area contributed by atoms with Crippen LogP contribution in [0, 0.1) is 6.92 Å². The van der Waals surface area contributed by atoms with Crippen LogP contribution in [0.25, 0.3) is 11.3 Å². The molecular weight excluding hydrogens is 436 g/mol. The first-order chi connectivity index (χ1) is 16.1. The summed E-state index contributed by atoms with van der Waals surface area (Å²) < 4.78 is 5.46. The third-order valence-corrected chi connectivity index (χ3v) is 6.49. The Hall–Kier alpha value is -3.56. The van der Waals surface area contributed by atoms with Crippen LogP contribution >= 0.6 is 11.3 Å². The number of carbonyl (C=O) groups excluding carboxylic acids is 1. The van der Waals surface area contributed by atoms with Gasteiger partial charge in [0.25, 0.3) is 0 Å². The van der Waals surface area contributed by atoms with E-state index in [1.807, 2.05) is 61.5 Å². The summed E-state index contributed by atoms with van der Waals surface area (Å²) in [5, 5.41) is 10.8. The van der Waals surface area contributed by atoms with Crippen LogP contribution in [0.2, 0.25) is 0 Å². The number of hydrazone groups is 2. The van der Waals surface area contributed by atoms with Gasteiger partial charge in [-0.1, -0.05) is 53.8 Å². The number of amides is 1. The smallest absolute Gasteiger partial charge is 0.303 e. The zero-order chi connectivity index (χ0) is 22.8. The molecule has 168 valence electrons. The summed E-state index contributed by atoms with van der Waals surface area (Å²) in [6.45, 7) is 6.80. The fraction of sp³-hybridized carbons (Fsp3) is 0.250. The monoisotopic (exact) mass is 460 g/mol. The SMILES string of the molecule is CC1=NN(c2nc(-c3ccccc3)c(C)s2)C(=O)/C1=N/Nc1ccccc1N1CCOCC1. The number of anilines is 3. The second-order valence-corrected chi connectivity index (χ2v) is 8.94. The molecule has 2 aromatic carbocycles. The van der Waals surface area contributed by atoms with Gasteiger partial charge >= 0.3 is 5.91 Å². The number of nitrogens with zero attached hydrogens (tertiary/aromatic N) is 5. The lowest BCUT2D eigenvalue weighted by Crippen LogP contribution is -2.36. The number of morpholine rings is 1. The fourth-order valence-electron chi connectivity index (χ4n) is 3.86. The Balaban J connectivity index is 1.37. The Kier molecular flexibility index (Phi) is 5.89. The van der Waals surface area contributed by atoms with Crippen LogP contribution in [0.1, 0.15) is 11.8 Å². The molecule has 1 saturated heterocycles. The highest BCUT2D eigenvalue weighted by Gasteiger charge is 2.33. The van der Waals surface area contributed by atoms with E-state index in [4.69, 9.17) is 9.72 Å². The maximum atomic E-state index is 13.2. The highest BCUT2D eigenvalue weighted by Crippen LogP contribution is 2.34. The minimum atomic E-state index is -0.294. The molecule has 3 aromatic rings. The van der Waals surface area contributed by atoms with E-state index in [9.17, 15) is 4.79 Å². The molecule has 0 radical (unpaired) electrons. The van der Waals surface area contributed by atoms with Gasteiger partial charge in [-0.2, -0.15) is 15.2 Å². The summed E-state index contributed by atoms with van der Waals surface area (Å²) in [7, 11) is 0. The zero-order valence-corrected chi connectivity index (χ0v) is 19.3. The van der Waals surface area contributed by atoms with Gasteiger partial charge in [0.15, 0.2) is 5.71 Å². The molecule has 33 heavy (non-hydrogen) atoms. The minimum Gasteiger partial charge on any atom is -0.378 e. The van der Waals surface area contributed by atoms with E-state index < -0.39 is 0 Å². The van der Waals surface area contributed by atoms with E-state index in [0.29, 0.717) is 24.1 Å². The molecule has 0 unspecified atom stereocenters. The van der Waals surface area contributed by atoms with Crippen molar-refractivity contribution in [3.05, 3.63) is 59.5 Å². The van der Waals surface area contributed by atoms with Crippen LogP contribution in [0.4, 0.5) is 16.5 Å². The molecule has 2 aliphatic heterocycles. The normalized spacial score (nSPS) is 17.6. The van der Waals surface area contributed by atoms with Gasteiger partial charge < -0.3 is 9.64 Å². The van der Waals surface area contributed by atoms with Crippen LogP contribution in [0.3, 0.4) is 0 Å². The predicted octanol–water partition coefficient (Wildman–Crippen LogP) is 4.15. The summed E-state index contributed by atoms with van der Waals surface area (Å²) >= 11 is 1.44. The van der Waals surface area contributed by atoms with Gasteiger partial charge in [0.05, 0.1) is 36.0 Å². The number of hydrogen-bond acceptors (Lipinski definition) is 8. The molecule has 1 N–H and O–H groups in total. The Morgan fingerprint density at radius 2 is 1.76 bits per heavy atom. The van der Waals surface area contributed by atoms with Gasteiger partial charge in [-0.05, 0) is 26.0 Å². The molecule has 0 aliphatic carbocycles. The minimum absolute atomic E-state index is 0.279. The predicted molar refractivity (Wildman–Crippen MR) is 133 cm³/mol. The maximum absolute atomic E-state index is 13.2. The van der Waals surface area contributed by atoms with E-state index in [1.165, 1.54) is 16.3 Å². The number of rotatable bonds is 5. The molecule has 1 fully saturated rings. The van der Waals surface area contributed by atoms with Gasteiger partial charge in [-0.3, -0.25) is 10.2 Å². The number of aryl methyl sites for hydroxylation is 1. The molecular formula is C24H24N6O2S. The Bertz CT molecular complexity index is 1230. The van der Waals surface area contributed by atoms with E-state index >= 15 is 0 Å². The number of hydrogen-bond donors (Lipinski definition) is 1. The van der Waals surface area contributed by atoms with Crippen LogP contribution in [-0.2, 0) is 9.53 Å². The number of aromatic nitrogens is 1. The van der Waals surface area contributed by atoms with E-state index in [2.05, 4.69) is 20.5 Å². The second-order valence-electron chi connectivity index (χ2n) is 7.76. The number of ether oxygens (including phenoxy) is 1. The average molecular weight is 461 g/mol. The molecule has 0 bridgehead atoms. The van der Waals surface area contributed by atoms with Gasteiger partial charge in [0.2, 0.25) is 5.13 Å². The summed E-state index contributed by atoms with van der Waals surface area (Å²) in [6, 6.07) is 17.9. The zero-order valence-electron chi connectivity index (χ0n) is 18.5. The lowest BCUT2D eigenvalue weighted by Gasteiger charge is -2.30. The highest BCUT2D eigenvalue weighted by atomic mass is 32.1. The quantitative estimate of drug-likeness (QED) is 0.579. The number of para-hydroxylation sites is 2. The summed E-state index contributed by atoms with van der Waals surface area (Å²) in [5.74, 6) is -0.294. The number of nitrogens with one attached hydrogen (secondary N) is 1. The molecule has 0 saturated carbocycles. The summed E-state index contributed by atoms with van der Waals surface area (Å²) in [6.07, 6.45) is 0. The summed E-state index contributed by atoms with van der Waals surface area (Å²) in [4.78, 5) is 21.1. The van der Waals surface area contributed by atoms with E-state index in [-0.39, 0.29) is 11.6 Å². The largest absolute Gasteiger partial charge is 0.378 e. The van der Waals surface area contributed by atoms with Crippen LogP contribution in [0.5, 0.6) is 0 Å². The third-order valence-electron chi connectivity index (χ3n) is 5.55. The number of carbonyl (C=O) groups is 1. The molecule has 1 aromatic heterocycles. The van der Waals surface area contributed by atoms with Crippen molar-refractivity contribution in [2.24, 2.45) is 10.2 Å². The van der Waals surface area contributed by atoms with Gasteiger partial charge in [0, 0.05) is 23.5 Å². The maximum Gasteiger partial charge on any atom is 0.303 e.